The van der Waals surface area contributed by atoms with E-state index in [9.17, 15) is 4.79 Å². The first kappa shape index (κ1) is 27.9. The minimum atomic E-state index is -0.272. The van der Waals surface area contributed by atoms with Gasteiger partial charge in [0.25, 0.3) is 0 Å². The molecule has 2 aromatic rings. The minimum absolute atomic E-state index is 0.161. The van der Waals surface area contributed by atoms with Gasteiger partial charge in [-0.15, -0.1) is 0 Å². The first-order chi connectivity index (χ1) is 15.4. The molecule has 0 saturated heterocycles. The van der Waals surface area contributed by atoms with E-state index < -0.39 is 0 Å². The number of unbranched alkanes of at least 4 members (excludes halogenated alkanes) is 1. The van der Waals surface area contributed by atoms with Gasteiger partial charge in [-0.05, 0) is 48.1 Å². The van der Waals surface area contributed by atoms with Crippen molar-refractivity contribution in [1.29, 1.82) is 0 Å². The lowest BCUT2D eigenvalue weighted by Crippen LogP contribution is -2.30. The molecule has 0 aliphatic carbocycles. The maximum Gasteiger partial charge on any atom is 0.164 e. The Kier molecular flexibility index (Phi) is 13.6. The summed E-state index contributed by atoms with van der Waals surface area (Å²) in [4.78, 5) is 12.2. The van der Waals surface area contributed by atoms with Crippen LogP contribution in [0.5, 0.6) is 5.75 Å². The van der Waals surface area contributed by atoms with Crippen LogP contribution in [0.1, 0.15) is 79.2 Å². The lowest BCUT2D eigenvalue weighted by atomic mass is 9.81. The van der Waals surface area contributed by atoms with Crippen molar-refractivity contribution < 1.29 is 14.3 Å². The van der Waals surface area contributed by atoms with E-state index in [1.165, 1.54) is 36.0 Å². The van der Waals surface area contributed by atoms with Crippen molar-refractivity contribution in [1.82, 2.24) is 0 Å². The molecule has 178 valence electrons. The Morgan fingerprint density at radius 3 is 1.75 bits per heavy atom. The molecule has 0 saturated carbocycles. The number of ether oxygens (including phenoxy) is 2. The number of aryl methyl sites for hydroxylation is 1. The SMILES string of the molecule is CCCC.CCCc1ccc(-c2ccc(OCCOCC(=O)C(C)(CC)CC)cc2)cc1. The molecule has 0 aliphatic heterocycles. The van der Waals surface area contributed by atoms with Gasteiger partial charge in [-0.1, -0.05) is 97.2 Å². The summed E-state index contributed by atoms with van der Waals surface area (Å²) >= 11 is 0. The van der Waals surface area contributed by atoms with Gasteiger partial charge in [0.05, 0.1) is 6.61 Å². The Hall–Kier alpha value is -2.13. The van der Waals surface area contributed by atoms with Gasteiger partial charge in [0.2, 0.25) is 0 Å². The van der Waals surface area contributed by atoms with Gasteiger partial charge in [0.15, 0.2) is 5.78 Å². The molecule has 0 unspecified atom stereocenters. The molecule has 0 spiro atoms. The summed E-state index contributed by atoms with van der Waals surface area (Å²) in [6.07, 6.45) is 6.61. The van der Waals surface area contributed by atoms with E-state index in [2.05, 4.69) is 57.2 Å². The van der Waals surface area contributed by atoms with Gasteiger partial charge < -0.3 is 9.47 Å². The van der Waals surface area contributed by atoms with E-state index in [0.717, 1.165) is 25.0 Å². The number of ketones is 1. The number of benzene rings is 2. The molecule has 0 atom stereocenters. The second kappa shape index (κ2) is 15.6. The number of carbonyl (C=O) groups is 1. The second-order valence-electron chi connectivity index (χ2n) is 8.56. The molecule has 0 heterocycles. The van der Waals surface area contributed by atoms with Crippen molar-refractivity contribution in [3.05, 3.63) is 54.1 Å². The molecule has 3 heteroatoms. The zero-order valence-electron chi connectivity index (χ0n) is 21.2. The quantitative estimate of drug-likeness (QED) is 0.297. The van der Waals surface area contributed by atoms with E-state index in [1.807, 2.05) is 32.9 Å². The maximum atomic E-state index is 12.2. The Morgan fingerprint density at radius 1 is 0.750 bits per heavy atom. The second-order valence-corrected chi connectivity index (χ2v) is 8.56. The molecule has 2 aromatic carbocycles. The van der Waals surface area contributed by atoms with Crippen LogP contribution in [0.2, 0.25) is 0 Å². The normalized spacial score (nSPS) is 10.9. The van der Waals surface area contributed by atoms with Crippen LogP contribution in [-0.2, 0) is 16.0 Å². The summed E-state index contributed by atoms with van der Waals surface area (Å²) in [5, 5.41) is 0. The van der Waals surface area contributed by atoms with Gasteiger partial charge in [0, 0.05) is 5.41 Å². The lowest BCUT2D eigenvalue weighted by molar-refractivity contribution is -0.133. The predicted molar refractivity (Wildman–Crippen MR) is 136 cm³/mol. The van der Waals surface area contributed by atoms with Crippen LogP contribution in [0, 0.1) is 5.41 Å². The van der Waals surface area contributed by atoms with Gasteiger partial charge in [-0.2, -0.15) is 0 Å². The standard InChI is InChI=1S/C25H34O3.C4H10/c1-5-8-20-9-11-21(12-10-20)22-13-15-23(16-14-22)28-18-17-27-19-24(26)25(4,6-2)7-3;1-3-4-2/h9-16H,5-8,17-19H2,1-4H3;3-4H2,1-2H3. The molecule has 32 heavy (non-hydrogen) atoms. The molecule has 0 N–H and O–H groups in total. The smallest absolute Gasteiger partial charge is 0.164 e. The average molecular weight is 441 g/mol. The largest absolute Gasteiger partial charge is 0.491 e. The molecule has 0 radical (unpaired) electrons. The highest BCUT2D eigenvalue weighted by atomic mass is 16.5. The van der Waals surface area contributed by atoms with E-state index >= 15 is 0 Å². The van der Waals surface area contributed by atoms with Gasteiger partial charge >= 0.3 is 0 Å². The Bertz CT molecular complexity index is 741. The van der Waals surface area contributed by atoms with E-state index in [1.54, 1.807) is 0 Å². The number of hydrogen-bond donors (Lipinski definition) is 0. The Morgan fingerprint density at radius 2 is 1.28 bits per heavy atom. The summed E-state index contributed by atoms with van der Waals surface area (Å²) in [7, 11) is 0. The average Bonchev–Trinajstić information content (AvgIpc) is 2.84. The van der Waals surface area contributed by atoms with Crippen LogP contribution in [-0.4, -0.2) is 25.6 Å². The first-order valence-electron chi connectivity index (χ1n) is 12.4. The molecule has 0 aliphatic rings. The monoisotopic (exact) mass is 440 g/mol. The summed E-state index contributed by atoms with van der Waals surface area (Å²) in [6, 6.07) is 16.8. The topological polar surface area (TPSA) is 35.5 Å². The molecule has 0 amide bonds. The highest BCUT2D eigenvalue weighted by molar-refractivity contribution is 5.85. The van der Waals surface area contributed by atoms with Crippen LogP contribution in [0.15, 0.2) is 48.5 Å². The summed E-state index contributed by atoms with van der Waals surface area (Å²) < 4.78 is 11.2. The van der Waals surface area contributed by atoms with Crippen LogP contribution < -0.4 is 4.74 Å². The minimum Gasteiger partial charge on any atom is -0.491 e. The third-order valence-electron chi connectivity index (χ3n) is 6.14. The van der Waals surface area contributed by atoms with Crippen molar-refractivity contribution in [3.8, 4) is 16.9 Å². The number of Topliss-reactive ketones (excluding diaryl/α,β-unsaturated/α-hetero) is 1. The highest BCUT2D eigenvalue weighted by Crippen LogP contribution is 2.26. The molecule has 0 aromatic heterocycles. The van der Waals surface area contributed by atoms with Crippen molar-refractivity contribution in [2.24, 2.45) is 5.41 Å². The Labute approximate surface area is 196 Å². The van der Waals surface area contributed by atoms with Crippen molar-refractivity contribution in [2.75, 3.05) is 19.8 Å². The number of hydrogen-bond acceptors (Lipinski definition) is 3. The molecule has 2 rings (SSSR count). The molecular weight excluding hydrogens is 396 g/mol. The van der Waals surface area contributed by atoms with Crippen LogP contribution in [0.3, 0.4) is 0 Å². The van der Waals surface area contributed by atoms with Crippen LogP contribution >= 0.6 is 0 Å². The molecule has 0 bridgehead atoms. The van der Waals surface area contributed by atoms with Crippen molar-refractivity contribution in [2.45, 2.75) is 80.1 Å². The predicted octanol–water partition coefficient (Wildman–Crippen LogP) is 7.90. The van der Waals surface area contributed by atoms with Gasteiger partial charge in [-0.3, -0.25) is 4.79 Å². The third-order valence-corrected chi connectivity index (χ3v) is 6.14. The summed E-state index contributed by atoms with van der Waals surface area (Å²) in [5.41, 5.74) is 3.49. The highest BCUT2D eigenvalue weighted by Gasteiger charge is 2.28. The lowest BCUT2D eigenvalue weighted by Gasteiger charge is -2.24. The van der Waals surface area contributed by atoms with Crippen molar-refractivity contribution in [3.63, 3.8) is 0 Å². The fourth-order valence-electron chi connectivity index (χ4n) is 3.10. The van der Waals surface area contributed by atoms with Gasteiger partial charge in [0.1, 0.15) is 19.0 Å². The molecule has 0 fully saturated rings. The zero-order chi connectivity index (χ0) is 23.8. The molecular formula is C29H44O3. The third kappa shape index (κ3) is 9.56. The zero-order valence-corrected chi connectivity index (χ0v) is 21.2. The summed E-state index contributed by atoms with van der Waals surface area (Å²) in [5.74, 6) is 0.986. The van der Waals surface area contributed by atoms with Gasteiger partial charge in [-0.25, -0.2) is 0 Å². The van der Waals surface area contributed by atoms with E-state index in [4.69, 9.17) is 9.47 Å². The fraction of sp³-hybridized carbons (Fsp3) is 0.552. The first-order valence-corrected chi connectivity index (χ1v) is 12.4. The summed E-state index contributed by atoms with van der Waals surface area (Å²) in [6.45, 7) is 13.7. The number of rotatable bonds is 13. The Balaban J connectivity index is 0.00000118. The van der Waals surface area contributed by atoms with E-state index in [0.29, 0.717) is 13.2 Å². The maximum absolute atomic E-state index is 12.2. The fourth-order valence-corrected chi connectivity index (χ4v) is 3.10. The molecule has 3 nitrogen and oxygen atoms in total. The van der Waals surface area contributed by atoms with Crippen LogP contribution in [0.25, 0.3) is 11.1 Å². The number of carbonyl (C=O) groups excluding carboxylic acids is 1. The van der Waals surface area contributed by atoms with Crippen molar-refractivity contribution >= 4 is 5.78 Å². The van der Waals surface area contributed by atoms with E-state index in [-0.39, 0.29) is 17.8 Å². The van der Waals surface area contributed by atoms with Crippen LogP contribution in [0.4, 0.5) is 0 Å².